The molecule has 20 heavy (non-hydrogen) atoms. The average Bonchev–Trinajstić information content (AvgIpc) is 2.98. The Hall–Kier alpha value is -1.79. The number of carbonyl (C=O) groups is 2. The van der Waals surface area contributed by atoms with Gasteiger partial charge in [0.2, 0.25) is 5.91 Å². The molecule has 3 rings (SSSR count). The van der Waals surface area contributed by atoms with Crippen LogP contribution >= 0.6 is 23.1 Å². The highest BCUT2D eigenvalue weighted by atomic mass is 32.2. The standard InChI is InChI=1S/C14H12N2O2S2/c17-13-8-20-11-4-3-9(6-10(11)16-13)7-15-14(18)12-2-1-5-19-12/h1-6H,7-8H2,(H,15,18)(H,16,17). The smallest absolute Gasteiger partial charge is 0.261 e. The first-order valence-corrected chi connectivity index (χ1v) is 7.96. The molecule has 4 nitrogen and oxygen atoms in total. The molecule has 2 aromatic rings. The van der Waals surface area contributed by atoms with Gasteiger partial charge in [-0.3, -0.25) is 9.59 Å². The Morgan fingerprint density at radius 1 is 1.35 bits per heavy atom. The normalized spacial score (nSPS) is 13.5. The first-order chi connectivity index (χ1) is 9.72. The van der Waals surface area contributed by atoms with Gasteiger partial charge in [-0.15, -0.1) is 23.1 Å². The van der Waals surface area contributed by atoms with Gasteiger partial charge in [-0.05, 0) is 29.1 Å². The highest BCUT2D eigenvalue weighted by Gasteiger charge is 2.15. The van der Waals surface area contributed by atoms with Gasteiger partial charge in [0.15, 0.2) is 0 Å². The van der Waals surface area contributed by atoms with Gasteiger partial charge in [0.1, 0.15) is 0 Å². The molecule has 0 radical (unpaired) electrons. The van der Waals surface area contributed by atoms with Crippen molar-refractivity contribution < 1.29 is 9.59 Å². The van der Waals surface area contributed by atoms with Gasteiger partial charge in [-0.1, -0.05) is 12.1 Å². The molecule has 0 aliphatic carbocycles. The molecule has 0 atom stereocenters. The van der Waals surface area contributed by atoms with E-state index in [1.165, 1.54) is 23.1 Å². The number of hydrogen-bond donors (Lipinski definition) is 2. The second kappa shape index (κ2) is 5.68. The lowest BCUT2D eigenvalue weighted by atomic mass is 10.2. The van der Waals surface area contributed by atoms with Gasteiger partial charge < -0.3 is 10.6 Å². The maximum absolute atomic E-state index is 11.8. The number of hydrogen-bond acceptors (Lipinski definition) is 4. The predicted octanol–water partition coefficient (Wildman–Crippen LogP) is 2.72. The molecule has 102 valence electrons. The highest BCUT2D eigenvalue weighted by Crippen LogP contribution is 2.31. The fraction of sp³-hybridized carbons (Fsp3) is 0.143. The molecule has 2 heterocycles. The zero-order chi connectivity index (χ0) is 13.9. The largest absolute Gasteiger partial charge is 0.347 e. The molecule has 0 fully saturated rings. The lowest BCUT2D eigenvalue weighted by Crippen LogP contribution is -2.22. The maximum atomic E-state index is 11.8. The van der Waals surface area contributed by atoms with E-state index in [1.807, 2.05) is 29.6 Å². The van der Waals surface area contributed by atoms with Crippen LogP contribution in [0.3, 0.4) is 0 Å². The number of fused-ring (bicyclic) bond motifs is 1. The van der Waals surface area contributed by atoms with Crippen LogP contribution in [0.1, 0.15) is 15.2 Å². The molecule has 0 bridgehead atoms. The lowest BCUT2D eigenvalue weighted by molar-refractivity contribution is -0.113. The van der Waals surface area contributed by atoms with Crippen LogP contribution in [-0.4, -0.2) is 17.6 Å². The molecule has 1 aliphatic heterocycles. The third-order valence-electron chi connectivity index (χ3n) is 2.87. The lowest BCUT2D eigenvalue weighted by Gasteiger charge is -2.17. The molecule has 1 aliphatic rings. The Kier molecular flexibility index (Phi) is 3.75. The fourth-order valence-corrected chi connectivity index (χ4v) is 3.35. The predicted molar refractivity (Wildman–Crippen MR) is 81.3 cm³/mol. The Bertz CT molecular complexity index is 653. The third-order valence-corrected chi connectivity index (χ3v) is 4.82. The van der Waals surface area contributed by atoms with Gasteiger partial charge in [-0.2, -0.15) is 0 Å². The topological polar surface area (TPSA) is 58.2 Å². The minimum Gasteiger partial charge on any atom is -0.347 e. The van der Waals surface area contributed by atoms with E-state index in [0.717, 1.165) is 16.1 Å². The van der Waals surface area contributed by atoms with E-state index in [1.54, 1.807) is 6.07 Å². The van der Waals surface area contributed by atoms with E-state index in [2.05, 4.69) is 10.6 Å². The van der Waals surface area contributed by atoms with Gasteiger partial charge in [0, 0.05) is 11.4 Å². The summed E-state index contributed by atoms with van der Waals surface area (Å²) >= 11 is 2.95. The summed E-state index contributed by atoms with van der Waals surface area (Å²) < 4.78 is 0. The molecule has 1 aromatic carbocycles. The molecule has 0 saturated carbocycles. The molecular formula is C14H12N2O2S2. The number of benzene rings is 1. The van der Waals surface area contributed by atoms with Crippen molar-refractivity contribution in [1.82, 2.24) is 5.32 Å². The summed E-state index contributed by atoms with van der Waals surface area (Å²) in [7, 11) is 0. The maximum Gasteiger partial charge on any atom is 0.261 e. The Morgan fingerprint density at radius 3 is 3.05 bits per heavy atom. The van der Waals surface area contributed by atoms with E-state index in [9.17, 15) is 9.59 Å². The van der Waals surface area contributed by atoms with E-state index < -0.39 is 0 Å². The van der Waals surface area contributed by atoms with Crippen LogP contribution in [-0.2, 0) is 11.3 Å². The van der Waals surface area contributed by atoms with Crippen molar-refractivity contribution in [3.8, 4) is 0 Å². The fourth-order valence-electron chi connectivity index (χ4n) is 1.92. The Morgan fingerprint density at radius 2 is 2.25 bits per heavy atom. The van der Waals surface area contributed by atoms with Crippen molar-refractivity contribution in [2.45, 2.75) is 11.4 Å². The van der Waals surface area contributed by atoms with E-state index in [4.69, 9.17) is 0 Å². The number of anilines is 1. The SMILES string of the molecule is O=C1CSc2ccc(CNC(=O)c3cccs3)cc2N1. The first-order valence-electron chi connectivity index (χ1n) is 6.09. The summed E-state index contributed by atoms with van der Waals surface area (Å²) in [5.41, 5.74) is 1.80. The van der Waals surface area contributed by atoms with Crippen molar-refractivity contribution in [2.75, 3.05) is 11.1 Å². The van der Waals surface area contributed by atoms with Gasteiger partial charge in [0.05, 0.1) is 16.3 Å². The van der Waals surface area contributed by atoms with Gasteiger partial charge in [-0.25, -0.2) is 0 Å². The number of carbonyl (C=O) groups excluding carboxylic acids is 2. The molecule has 1 aromatic heterocycles. The minimum atomic E-state index is -0.0730. The van der Waals surface area contributed by atoms with Crippen LogP contribution in [0.4, 0.5) is 5.69 Å². The van der Waals surface area contributed by atoms with Crippen molar-refractivity contribution in [3.63, 3.8) is 0 Å². The number of rotatable bonds is 3. The second-order valence-corrected chi connectivity index (χ2v) is 6.29. The minimum absolute atomic E-state index is 0.0160. The average molecular weight is 304 g/mol. The summed E-state index contributed by atoms with van der Waals surface area (Å²) in [4.78, 5) is 25.0. The summed E-state index contributed by atoms with van der Waals surface area (Å²) in [6, 6.07) is 9.51. The van der Waals surface area contributed by atoms with Crippen LogP contribution in [0, 0.1) is 0 Å². The Labute approximate surface area is 124 Å². The molecule has 2 amide bonds. The molecular weight excluding hydrogens is 292 g/mol. The van der Waals surface area contributed by atoms with Crippen LogP contribution in [0.5, 0.6) is 0 Å². The van der Waals surface area contributed by atoms with Crippen LogP contribution in [0.15, 0.2) is 40.6 Å². The number of thioether (sulfide) groups is 1. The monoisotopic (exact) mass is 304 g/mol. The van der Waals surface area contributed by atoms with E-state index >= 15 is 0 Å². The van der Waals surface area contributed by atoms with E-state index in [-0.39, 0.29) is 11.8 Å². The quantitative estimate of drug-likeness (QED) is 0.916. The van der Waals surface area contributed by atoms with Crippen molar-refractivity contribution in [1.29, 1.82) is 0 Å². The van der Waals surface area contributed by atoms with Gasteiger partial charge >= 0.3 is 0 Å². The summed E-state index contributed by atoms with van der Waals surface area (Å²) in [5.74, 6) is 0.403. The highest BCUT2D eigenvalue weighted by molar-refractivity contribution is 8.00. The third kappa shape index (κ3) is 2.86. The molecule has 0 unspecified atom stereocenters. The summed E-state index contributed by atoms with van der Waals surface area (Å²) in [5, 5.41) is 7.59. The van der Waals surface area contributed by atoms with Crippen LogP contribution in [0.25, 0.3) is 0 Å². The van der Waals surface area contributed by atoms with Crippen LogP contribution < -0.4 is 10.6 Å². The summed E-state index contributed by atoms with van der Waals surface area (Å²) in [6.45, 7) is 0.449. The number of amides is 2. The number of nitrogens with one attached hydrogen (secondary N) is 2. The van der Waals surface area contributed by atoms with Crippen molar-refractivity contribution in [3.05, 3.63) is 46.2 Å². The molecule has 2 N–H and O–H groups in total. The Balaban J connectivity index is 1.68. The second-order valence-electron chi connectivity index (χ2n) is 4.33. The van der Waals surface area contributed by atoms with Gasteiger partial charge in [0.25, 0.3) is 5.91 Å². The molecule has 0 spiro atoms. The zero-order valence-electron chi connectivity index (χ0n) is 10.5. The van der Waals surface area contributed by atoms with Crippen molar-refractivity contribution in [2.24, 2.45) is 0 Å². The molecule has 0 saturated heterocycles. The van der Waals surface area contributed by atoms with Crippen LogP contribution in [0.2, 0.25) is 0 Å². The number of thiophene rings is 1. The molecule has 6 heteroatoms. The zero-order valence-corrected chi connectivity index (χ0v) is 12.1. The first kappa shape index (κ1) is 13.2. The summed E-state index contributed by atoms with van der Waals surface area (Å²) in [6.07, 6.45) is 0. The van der Waals surface area contributed by atoms with Crippen molar-refractivity contribution >= 4 is 40.6 Å². The van der Waals surface area contributed by atoms with E-state index in [0.29, 0.717) is 17.2 Å².